The monoisotopic (exact) mass is 255 g/mol. The third kappa shape index (κ3) is 3.64. The molecule has 0 aliphatic carbocycles. The molecule has 0 unspecified atom stereocenters. The Bertz CT molecular complexity index is 606. The number of aryl methyl sites for hydroxylation is 1. The average molecular weight is 255 g/mol. The highest BCUT2D eigenvalue weighted by Gasteiger charge is 2.03. The van der Waals surface area contributed by atoms with Crippen molar-refractivity contribution in [1.82, 2.24) is 0 Å². The van der Waals surface area contributed by atoms with Crippen molar-refractivity contribution in [2.24, 2.45) is 5.10 Å². The minimum absolute atomic E-state index is 0.0549. The van der Waals surface area contributed by atoms with Gasteiger partial charge in [0, 0.05) is 17.7 Å². The molecule has 0 radical (unpaired) electrons. The Morgan fingerprint density at radius 1 is 1.21 bits per heavy atom. The van der Waals surface area contributed by atoms with E-state index in [9.17, 15) is 10.1 Å². The van der Waals surface area contributed by atoms with E-state index in [4.69, 9.17) is 0 Å². The molecule has 2 aromatic rings. The first-order valence-electron chi connectivity index (χ1n) is 5.75. The number of anilines is 1. The lowest BCUT2D eigenvalue weighted by Gasteiger charge is -2.00. The number of nitrogens with one attached hydrogen (secondary N) is 1. The number of hydrazone groups is 1. The van der Waals surface area contributed by atoms with Crippen LogP contribution in [0.5, 0.6) is 0 Å². The van der Waals surface area contributed by atoms with Crippen LogP contribution < -0.4 is 5.43 Å². The van der Waals surface area contributed by atoms with Gasteiger partial charge in [-0.25, -0.2) is 0 Å². The lowest BCUT2D eigenvalue weighted by molar-refractivity contribution is -0.384. The van der Waals surface area contributed by atoms with Crippen LogP contribution in [0.1, 0.15) is 11.1 Å². The fourth-order valence-corrected chi connectivity index (χ4v) is 1.53. The highest BCUT2D eigenvalue weighted by atomic mass is 16.6. The molecule has 0 atom stereocenters. The first-order chi connectivity index (χ1) is 9.15. The first kappa shape index (κ1) is 12.8. The molecule has 0 saturated heterocycles. The molecular formula is C14H13N3O2. The second kappa shape index (κ2) is 5.77. The van der Waals surface area contributed by atoms with E-state index in [-0.39, 0.29) is 5.69 Å². The van der Waals surface area contributed by atoms with Gasteiger partial charge in [0.25, 0.3) is 5.69 Å². The second-order valence-corrected chi connectivity index (χ2v) is 4.09. The molecule has 19 heavy (non-hydrogen) atoms. The number of rotatable bonds is 4. The van der Waals surface area contributed by atoms with Gasteiger partial charge in [0.1, 0.15) is 0 Å². The molecule has 0 aliphatic heterocycles. The van der Waals surface area contributed by atoms with E-state index in [1.165, 1.54) is 17.7 Å². The van der Waals surface area contributed by atoms with Crippen molar-refractivity contribution in [3.63, 3.8) is 0 Å². The molecule has 5 nitrogen and oxygen atoms in total. The third-order valence-electron chi connectivity index (χ3n) is 2.54. The summed E-state index contributed by atoms with van der Waals surface area (Å²) < 4.78 is 0. The first-order valence-corrected chi connectivity index (χ1v) is 5.75. The van der Waals surface area contributed by atoms with Gasteiger partial charge < -0.3 is 0 Å². The van der Waals surface area contributed by atoms with Crippen molar-refractivity contribution in [3.8, 4) is 0 Å². The van der Waals surface area contributed by atoms with E-state index in [0.717, 1.165) is 5.69 Å². The van der Waals surface area contributed by atoms with Crippen molar-refractivity contribution in [2.45, 2.75) is 6.92 Å². The molecule has 0 spiro atoms. The molecule has 0 bridgehead atoms. The molecule has 2 rings (SSSR count). The van der Waals surface area contributed by atoms with Crippen LogP contribution in [0.3, 0.4) is 0 Å². The molecule has 5 heteroatoms. The lowest BCUT2D eigenvalue weighted by atomic mass is 10.2. The summed E-state index contributed by atoms with van der Waals surface area (Å²) in [5.41, 5.74) is 5.64. The van der Waals surface area contributed by atoms with Gasteiger partial charge in [0.05, 0.1) is 16.8 Å². The van der Waals surface area contributed by atoms with Gasteiger partial charge in [-0.2, -0.15) is 5.10 Å². The number of nitro benzene ring substituents is 1. The number of hydrogen-bond donors (Lipinski definition) is 1. The Kier molecular flexibility index (Phi) is 3.87. The zero-order valence-electron chi connectivity index (χ0n) is 10.4. The maximum Gasteiger partial charge on any atom is 0.270 e. The summed E-state index contributed by atoms with van der Waals surface area (Å²) in [6.45, 7) is 2.01. The van der Waals surface area contributed by atoms with Crippen molar-refractivity contribution in [3.05, 3.63) is 69.8 Å². The fraction of sp³-hybridized carbons (Fsp3) is 0.0714. The molecule has 0 amide bonds. The van der Waals surface area contributed by atoms with Crippen LogP contribution in [0.25, 0.3) is 0 Å². The summed E-state index contributed by atoms with van der Waals surface area (Å²) in [7, 11) is 0. The predicted molar refractivity (Wildman–Crippen MR) is 75.5 cm³/mol. The standard InChI is InChI=1S/C14H13N3O2/c1-11-5-7-13(8-6-11)16-15-10-12-3-2-4-14(9-12)17(18)19/h2-10,16H,1H3/b15-10-. The number of benzene rings is 2. The average Bonchev–Trinajstić information content (AvgIpc) is 2.41. The molecule has 2 aromatic carbocycles. The van der Waals surface area contributed by atoms with Crippen molar-refractivity contribution in [1.29, 1.82) is 0 Å². The van der Waals surface area contributed by atoms with Gasteiger partial charge in [0.2, 0.25) is 0 Å². The summed E-state index contributed by atoms with van der Waals surface area (Å²) >= 11 is 0. The van der Waals surface area contributed by atoms with Crippen LogP contribution >= 0.6 is 0 Å². The number of non-ortho nitro benzene ring substituents is 1. The molecule has 0 heterocycles. The number of hydrogen-bond acceptors (Lipinski definition) is 4. The molecule has 0 saturated carbocycles. The summed E-state index contributed by atoms with van der Waals surface area (Å²) in [6, 6.07) is 14.1. The second-order valence-electron chi connectivity index (χ2n) is 4.09. The van der Waals surface area contributed by atoms with Crippen LogP contribution in [0.15, 0.2) is 53.6 Å². The van der Waals surface area contributed by atoms with E-state index < -0.39 is 4.92 Å². The fourth-order valence-electron chi connectivity index (χ4n) is 1.53. The van der Waals surface area contributed by atoms with E-state index >= 15 is 0 Å². The molecule has 0 aliphatic rings. The zero-order valence-corrected chi connectivity index (χ0v) is 10.4. The molecular weight excluding hydrogens is 242 g/mol. The summed E-state index contributed by atoms with van der Waals surface area (Å²) in [5.74, 6) is 0. The minimum Gasteiger partial charge on any atom is -0.279 e. The highest BCUT2D eigenvalue weighted by Crippen LogP contribution is 2.12. The van der Waals surface area contributed by atoms with Gasteiger partial charge in [-0.15, -0.1) is 0 Å². The topological polar surface area (TPSA) is 67.5 Å². The molecule has 0 aromatic heterocycles. The Balaban J connectivity index is 2.04. The van der Waals surface area contributed by atoms with Crippen LogP contribution in [0, 0.1) is 17.0 Å². The maximum atomic E-state index is 10.6. The molecule has 1 N–H and O–H groups in total. The third-order valence-corrected chi connectivity index (χ3v) is 2.54. The Morgan fingerprint density at radius 2 is 1.95 bits per heavy atom. The van der Waals surface area contributed by atoms with Gasteiger partial charge in [-0.1, -0.05) is 29.8 Å². The quantitative estimate of drug-likeness (QED) is 0.517. The van der Waals surface area contributed by atoms with Crippen molar-refractivity contribution in [2.75, 3.05) is 5.43 Å². The molecule has 96 valence electrons. The summed E-state index contributed by atoms with van der Waals surface area (Å²) in [5, 5.41) is 14.7. The summed E-state index contributed by atoms with van der Waals surface area (Å²) in [4.78, 5) is 10.2. The Morgan fingerprint density at radius 3 is 2.63 bits per heavy atom. The Labute approximate surface area is 110 Å². The SMILES string of the molecule is Cc1ccc(N/N=C\c2cccc([N+](=O)[O-])c2)cc1. The van der Waals surface area contributed by atoms with Crippen LogP contribution in [0.2, 0.25) is 0 Å². The number of nitrogens with zero attached hydrogens (tertiary/aromatic N) is 2. The van der Waals surface area contributed by atoms with Crippen molar-refractivity contribution < 1.29 is 4.92 Å². The largest absolute Gasteiger partial charge is 0.279 e. The van der Waals surface area contributed by atoms with Gasteiger partial charge >= 0.3 is 0 Å². The van der Waals surface area contributed by atoms with Gasteiger partial charge in [-0.05, 0) is 19.1 Å². The maximum absolute atomic E-state index is 10.6. The number of nitro groups is 1. The van der Waals surface area contributed by atoms with Crippen LogP contribution in [-0.2, 0) is 0 Å². The van der Waals surface area contributed by atoms with Crippen molar-refractivity contribution >= 4 is 17.6 Å². The van der Waals surface area contributed by atoms with E-state index in [1.54, 1.807) is 18.3 Å². The predicted octanol–water partition coefficient (Wildman–Crippen LogP) is 3.35. The Hall–Kier alpha value is -2.69. The van der Waals surface area contributed by atoms with Crippen LogP contribution in [-0.4, -0.2) is 11.1 Å². The normalized spacial score (nSPS) is 10.6. The lowest BCUT2D eigenvalue weighted by Crippen LogP contribution is -1.92. The minimum atomic E-state index is -0.426. The van der Waals surface area contributed by atoms with E-state index in [2.05, 4.69) is 10.5 Å². The highest BCUT2D eigenvalue weighted by molar-refractivity contribution is 5.81. The molecule has 0 fully saturated rings. The smallest absolute Gasteiger partial charge is 0.270 e. The van der Waals surface area contributed by atoms with Gasteiger partial charge in [-0.3, -0.25) is 15.5 Å². The summed E-state index contributed by atoms with van der Waals surface area (Å²) in [6.07, 6.45) is 1.55. The van der Waals surface area contributed by atoms with Gasteiger partial charge in [0.15, 0.2) is 0 Å². The van der Waals surface area contributed by atoms with Crippen LogP contribution in [0.4, 0.5) is 11.4 Å². The van der Waals surface area contributed by atoms with E-state index in [0.29, 0.717) is 5.56 Å². The van der Waals surface area contributed by atoms with E-state index in [1.807, 2.05) is 31.2 Å². The zero-order chi connectivity index (χ0) is 13.7.